The van der Waals surface area contributed by atoms with Crippen molar-refractivity contribution in [2.24, 2.45) is 5.92 Å². The number of benzene rings is 3. The highest BCUT2D eigenvalue weighted by atomic mass is 16.6. The molecule has 3 unspecified atom stereocenters. The molecular formula is C38H51N3O5. The number of ether oxygens (including phenoxy) is 2. The molecule has 0 spiro atoms. The average Bonchev–Trinajstić information content (AvgIpc) is 2.97. The largest absolute Gasteiger partial charge is 0.497 e. The van der Waals surface area contributed by atoms with E-state index in [1.165, 1.54) is 0 Å². The fourth-order valence-corrected chi connectivity index (χ4v) is 5.48. The quantitative estimate of drug-likeness (QED) is 0.201. The van der Waals surface area contributed by atoms with Gasteiger partial charge in [0.1, 0.15) is 23.4 Å². The number of carbonyl (C=O) groups is 3. The molecule has 248 valence electrons. The highest BCUT2D eigenvalue weighted by molar-refractivity contribution is 5.99. The van der Waals surface area contributed by atoms with Crippen LogP contribution in [0, 0.1) is 19.8 Å². The van der Waals surface area contributed by atoms with E-state index >= 15 is 0 Å². The van der Waals surface area contributed by atoms with E-state index in [2.05, 4.69) is 24.5 Å². The average molecular weight is 630 g/mol. The second-order valence-electron chi connectivity index (χ2n) is 13.5. The lowest BCUT2D eigenvalue weighted by Gasteiger charge is -2.39. The fourth-order valence-electron chi connectivity index (χ4n) is 5.48. The molecule has 3 amide bonds. The summed E-state index contributed by atoms with van der Waals surface area (Å²) in [6.07, 6.45) is 1.06. The van der Waals surface area contributed by atoms with Crippen LogP contribution in [0.25, 0.3) is 0 Å². The zero-order valence-electron chi connectivity index (χ0n) is 28.8. The molecule has 3 aromatic carbocycles. The third kappa shape index (κ3) is 10.9. The molecule has 3 atom stereocenters. The molecule has 0 radical (unpaired) electrons. The minimum absolute atomic E-state index is 0.228. The number of rotatable bonds is 13. The van der Waals surface area contributed by atoms with E-state index in [1.807, 2.05) is 69.3 Å². The first-order valence-electron chi connectivity index (χ1n) is 16.1. The molecule has 46 heavy (non-hydrogen) atoms. The van der Waals surface area contributed by atoms with Crippen molar-refractivity contribution >= 4 is 23.6 Å². The second-order valence-corrected chi connectivity index (χ2v) is 13.5. The van der Waals surface area contributed by atoms with Crippen LogP contribution in [0.15, 0.2) is 72.8 Å². The first-order chi connectivity index (χ1) is 21.7. The van der Waals surface area contributed by atoms with Crippen LogP contribution in [0.3, 0.4) is 0 Å². The van der Waals surface area contributed by atoms with E-state index < -0.39 is 23.8 Å². The molecule has 0 saturated heterocycles. The molecule has 0 fully saturated rings. The van der Waals surface area contributed by atoms with E-state index in [0.717, 1.165) is 23.1 Å². The Kier molecular flexibility index (Phi) is 12.8. The number of nitrogens with zero attached hydrogens (tertiary/aromatic N) is 1. The number of methoxy groups -OCH3 is 1. The van der Waals surface area contributed by atoms with Crippen LogP contribution in [0.2, 0.25) is 0 Å². The maximum atomic E-state index is 14.9. The summed E-state index contributed by atoms with van der Waals surface area (Å²) in [5.74, 6) is 0.350. The van der Waals surface area contributed by atoms with Gasteiger partial charge in [-0.05, 0) is 95.7 Å². The number of hydrogen-bond donors (Lipinski definition) is 2. The summed E-state index contributed by atoms with van der Waals surface area (Å²) >= 11 is 0. The molecule has 0 aromatic heterocycles. The van der Waals surface area contributed by atoms with Crippen molar-refractivity contribution in [3.8, 4) is 5.75 Å². The summed E-state index contributed by atoms with van der Waals surface area (Å²) in [6, 6.07) is 20.3. The number of aryl methyl sites for hydroxylation is 2. The van der Waals surface area contributed by atoms with E-state index in [1.54, 1.807) is 57.0 Å². The Bertz CT molecular complexity index is 1430. The Hall–Kier alpha value is -4.33. The van der Waals surface area contributed by atoms with E-state index in [4.69, 9.17) is 9.47 Å². The summed E-state index contributed by atoms with van der Waals surface area (Å²) in [5.41, 5.74) is 3.35. The summed E-state index contributed by atoms with van der Waals surface area (Å²) < 4.78 is 10.9. The minimum atomic E-state index is -0.985. The van der Waals surface area contributed by atoms with Crippen molar-refractivity contribution in [2.75, 3.05) is 12.4 Å². The molecule has 0 heterocycles. The maximum absolute atomic E-state index is 14.9. The number of carbonyl (C=O) groups excluding carboxylic acids is 3. The monoisotopic (exact) mass is 629 g/mol. The molecule has 0 aliphatic carbocycles. The van der Waals surface area contributed by atoms with Gasteiger partial charge in [-0.3, -0.25) is 9.59 Å². The van der Waals surface area contributed by atoms with Gasteiger partial charge >= 0.3 is 6.09 Å². The summed E-state index contributed by atoms with van der Waals surface area (Å²) in [6.45, 7) is 15.5. The normalized spacial score (nSPS) is 13.3. The number of anilines is 1. The lowest BCUT2D eigenvalue weighted by atomic mass is 9.94. The van der Waals surface area contributed by atoms with Gasteiger partial charge in [0.25, 0.3) is 5.91 Å². The van der Waals surface area contributed by atoms with Crippen LogP contribution in [0.5, 0.6) is 5.75 Å². The molecular weight excluding hydrogens is 578 g/mol. The van der Waals surface area contributed by atoms with Gasteiger partial charge in [0.15, 0.2) is 0 Å². The molecule has 0 bridgehead atoms. The third-order valence-corrected chi connectivity index (χ3v) is 7.61. The molecule has 0 saturated carbocycles. The number of amides is 3. The van der Waals surface area contributed by atoms with Gasteiger partial charge in [-0.1, -0.05) is 73.5 Å². The number of hydrogen-bond acceptors (Lipinski definition) is 5. The molecule has 3 rings (SSSR count). The van der Waals surface area contributed by atoms with E-state index in [-0.39, 0.29) is 24.3 Å². The standard InChI is InChI=1S/C38H51N3O5/c1-25(2)15-16-28(5)41(36(43)33(24-29-13-11-10-12-14-29)40-37(44)46-38(6,7)8)34(30-22-26(3)21-27(4)23-30)35(42)39-31-17-19-32(45-9)20-18-31/h10-14,17-23,25,28,33-34H,15-16,24H2,1-9H3,(H,39,42)(H,40,44). The maximum Gasteiger partial charge on any atom is 0.408 e. The van der Waals surface area contributed by atoms with Crippen molar-refractivity contribution in [1.82, 2.24) is 10.2 Å². The Morgan fingerprint density at radius 2 is 1.46 bits per heavy atom. The second kappa shape index (κ2) is 16.3. The Morgan fingerprint density at radius 1 is 0.848 bits per heavy atom. The van der Waals surface area contributed by atoms with Gasteiger partial charge in [0.05, 0.1) is 7.11 Å². The predicted molar refractivity (Wildman–Crippen MR) is 184 cm³/mol. The van der Waals surface area contributed by atoms with Gasteiger partial charge in [-0.25, -0.2) is 4.79 Å². The smallest absolute Gasteiger partial charge is 0.408 e. The van der Waals surface area contributed by atoms with Crippen LogP contribution in [0.1, 0.15) is 82.7 Å². The molecule has 8 heteroatoms. The van der Waals surface area contributed by atoms with Crippen molar-refractivity contribution in [3.05, 3.63) is 95.1 Å². The van der Waals surface area contributed by atoms with Gasteiger partial charge in [-0.15, -0.1) is 0 Å². The molecule has 0 aliphatic heterocycles. The SMILES string of the molecule is COc1ccc(NC(=O)C(c2cc(C)cc(C)c2)N(C(=O)C(Cc2ccccc2)NC(=O)OC(C)(C)C)C(C)CCC(C)C)cc1. The molecule has 2 N–H and O–H groups in total. The molecule has 8 nitrogen and oxygen atoms in total. The van der Waals surface area contributed by atoms with Crippen LogP contribution < -0.4 is 15.4 Å². The zero-order valence-corrected chi connectivity index (χ0v) is 28.8. The summed E-state index contributed by atoms with van der Waals surface area (Å²) in [4.78, 5) is 44.1. The highest BCUT2D eigenvalue weighted by Crippen LogP contribution is 2.31. The molecule has 3 aromatic rings. The minimum Gasteiger partial charge on any atom is -0.497 e. The predicted octanol–water partition coefficient (Wildman–Crippen LogP) is 7.78. The Labute approximate surface area is 274 Å². The van der Waals surface area contributed by atoms with Crippen LogP contribution >= 0.6 is 0 Å². The van der Waals surface area contributed by atoms with Crippen LogP contribution in [-0.4, -0.2) is 47.6 Å². The van der Waals surface area contributed by atoms with E-state index in [0.29, 0.717) is 29.3 Å². The van der Waals surface area contributed by atoms with Crippen molar-refractivity contribution in [1.29, 1.82) is 0 Å². The van der Waals surface area contributed by atoms with Crippen LogP contribution in [0.4, 0.5) is 10.5 Å². The van der Waals surface area contributed by atoms with E-state index in [9.17, 15) is 14.4 Å². The summed E-state index contributed by atoms with van der Waals surface area (Å²) in [7, 11) is 1.59. The Morgan fingerprint density at radius 3 is 2.00 bits per heavy atom. The third-order valence-electron chi connectivity index (χ3n) is 7.61. The zero-order chi connectivity index (χ0) is 34.0. The topological polar surface area (TPSA) is 97.0 Å². The molecule has 0 aliphatic rings. The lowest BCUT2D eigenvalue weighted by Crippen LogP contribution is -2.55. The number of alkyl carbamates (subject to hydrolysis) is 1. The van der Waals surface area contributed by atoms with Gasteiger partial charge in [0, 0.05) is 18.2 Å². The Balaban J connectivity index is 2.15. The van der Waals surface area contributed by atoms with Gasteiger partial charge in [-0.2, -0.15) is 0 Å². The van der Waals surface area contributed by atoms with Crippen molar-refractivity contribution in [3.63, 3.8) is 0 Å². The highest BCUT2D eigenvalue weighted by Gasteiger charge is 2.39. The summed E-state index contributed by atoms with van der Waals surface area (Å²) in [5, 5.41) is 5.90. The first kappa shape index (κ1) is 36.1. The first-order valence-corrected chi connectivity index (χ1v) is 16.1. The van der Waals surface area contributed by atoms with Crippen LogP contribution in [-0.2, 0) is 20.7 Å². The number of nitrogens with one attached hydrogen (secondary N) is 2. The van der Waals surface area contributed by atoms with Crippen molar-refractivity contribution < 1.29 is 23.9 Å². The van der Waals surface area contributed by atoms with Crippen molar-refractivity contribution in [2.45, 2.75) is 98.4 Å². The lowest BCUT2D eigenvalue weighted by molar-refractivity contribution is -0.143. The fraction of sp³-hybridized carbons (Fsp3) is 0.447. The van der Waals surface area contributed by atoms with Gasteiger partial charge < -0.3 is 25.0 Å². The van der Waals surface area contributed by atoms with Gasteiger partial charge in [0.2, 0.25) is 5.91 Å².